The molecule has 0 bridgehead atoms. The number of carbonyl (C=O) groups excluding carboxylic acids is 2. The van der Waals surface area contributed by atoms with Crippen LogP contribution in [0.25, 0.3) is 0 Å². The Bertz CT molecular complexity index is 1300. The minimum absolute atomic E-state index is 0.0180. The van der Waals surface area contributed by atoms with E-state index in [1.165, 1.54) is 12.8 Å². The molecule has 10 heteroatoms. The van der Waals surface area contributed by atoms with E-state index in [9.17, 15) is 24.6 Å². The summed E-state index contributed by atoms with van der Waals surface area (Å²) in [7, 11) is 0. The van der Waals surface area contributed by atoms with Gasteiger partial charge < -0.3 is 30.1 Å². The highest BCUT2D eigenvalue weighted by atomic mass is 32.1. The minimum Gasteiger partial charge on any atom is -0.477 e. The molecule has 2 saturated heterocycles. The molecule has 3 N–H and O–H groups in total. The summed E-state index contributed by atoms with van der Waals surface area (Å²) >= 11 is 1.16. The zero-order valence-corrected chi connectivity index (χ0v) is 25.7. The molecular weight excluding hydrogens is 554 g/mol. The Morgan fingerprint density at radius 1 is 1.14 bits per heavy atom. The van der Waals surface area contributed by atoms with Gasteiger partial charge in [-0.25, -0.2) is 9.59 Å². The fourth-order valence-electron chi connectivity index (χ4n) is 7.19. The number of hydrogen-bond donors (Lipinski definition) is 3. The summed E-state index contributed by atoms with van der Waals surface area (Å²) in [5, 5.41) is 24.9. The molecule has 2 spiro atoms. The van der Waals surface area contributed by atoms with Gasteiger partial charge in [-0.15, -0.1) is 11.3 Å². The van der Waals surface area contributed by atoms with E-state index >= 15 is 0 Å². The summed E-state index contributed by atoms with van der Waals surface area (Å²) < 4.78 is 5.74. The van der Waals surface area contributed by atoms with Crippen molar-refractivity contribution < 1.29 is 29.3 Å². The first-order valence-corrected chi connectivity index (χ1v) is 16.3. The van der Waals surface area contributed by atoms with Crippen molar-refractivity contribution in [2.24, 2.45) is 22.2 Å². The summed E-state index contributed by atoms with van der Waals surface area (Å²) in [6.07, 6.45) is 7.54. The van der Waals surface area contributed by atoms with Gasteiger partial charge in [-0.2, -0.15) is 0 Å². The van der Waals surface area contributed by atoms with Gasteiger partial charge in [0.1, 0.15) is 17.2 Å². The van der Waals surface area contributed by atoms with Gasteiger partial charge in [0.25, 0.3) is 0 Å². The summed E-state index contributed by atoms with van der Waals surface area (Å²) in [4.78, 5) is 42.1. The number of aliphatic hydroxyl groups is 1. The standard InChI is InChI=1S/C32H43N3O6S/c1-30(2,3)9-6-22-18-23(25(42-22)27(37)38)35(26(36)20-4-10-31(11-5-20)12-13-31)21-7-16-34(17-8-21)29(40)41-24-19-32(24)14-15-33-28(32)39/h18,20-21,24,26,36H,4-5,7-8,10-17,19H2,1-3H3,(H,33,39)(H,37,38). The van der Waals surface area contributed by atoms with Crippen molar-refractivity contribution in [2.75, 3.05) is 24.5 Å². The number of likely N-dealkylation sites (tertiary alicyclic amines) is 1. The summed E-state index contributed by atoms with van der Waals surface area (Å²) in [6.45, 7) is 7.56. The molecule has 2 amide bonds. The smallest absolute Gasteiger partial charge is 0.410 e. The van der Waals surface area contributed by atoms with Crippen LogP contribution < -0.4 is 10.2 Å². The quantitative estimate of drug-likeness (QED) is 0.318. The predicted octanol–water partition coefficient (Wildman–Crippen LogP) is 4.82. The first-order chi connectivity index (χ1) is 19.9. The molecule has 3 saturated carbocycles. The molecule has 3 aliphatic carbocycles. The summed E-state index contributed by atoms with van der Waals surface area (Å²) in [5.74, 6) is 5.40. The van der Waals surface area contributed by atoms with Gasteiger partial charge >= 0.3 is 12.1 Å². The highest BCUT2D eigenvalue weighted by molar-refractivity contribution is 7.15. The van der Waals surface area contributed by atoms with Crippen LogP contribution in [0.2, 0.25) is 0 Å². The molecule has 5 fully saturated rings. The van der Waals surface area contributed by atoms with Crippen LogP contribution in [0.15, 0.2) is 6.07 Å². The molecule has 0 radical (unpaired) electrons. The number of carboxylic acid groups (broad SMARTS) is 1. The van der Waals surface area contributed by atoms with E-state index in [1.54, 1.807) is 4.90 Å². The molecule has 1 aromatic heterocycles. The Morgan fingerprint density at radius 2 is 1.83 bits per heavy atom. The molecule has 0 aromatic carbocycles. The van der Waals surface area contributed by atoms with Gasteiger partial charge in [0, 0.05) is 43.4 Å². The number of anilines is 1. The number of nitrogens with zero attached hydrogens (tertiary/aromatic N) is 2. The lowest BCUT2D eigenvalue weighted by atomic mass is 9.78. The molecule has 42 heavy (non-hydrogen) atoms. The van der Waals surface area contributed by atoms with Gasteiger partial charge in [0.05, 0.1) is 16.0 Å². The lowest BCUT2D eigenvalue weighted by Gasteiger charge is -2.45. The van der Waals surface area contributed by atoms with Gasteiger partial charge in [-0.3, -0.25) is 4.79 Å². The Morgan fingerprint density at radius 3 is 2.40 bits per heavy atom. The lowest BCUT2D eigenvalue weighted by Crippen LogP contribution is -2.53. The maximum Gasteiger partial charge on any atom is 0.410 e. The number of nitrogens with one attached hydrogen (secondary N) is 1. The van der Waals surface area contributed by atoms with E-state index in [0.29, 0.717) is 61.3 Å². The van der Waals surface area contributed by atoms with E-state index < -0.39 is 23.7 Å². The number of rotatable bonds is 6. The molecule has 6 rings (SSSR count). The highest BCUT2D eigenvalue weighted by Crippen LogP contribution is 2.58. The van der Waals surface area contributed by atoms with Gasteiger partial charge in [-0.1, -0.05) is 11.8 Å². The number of amides is 2. The SMILES string of the molecule is CC(C)(C)C#Cc1cc(N(C2CCN(C(=O)OC3CC34CCNC4=O)CC2)C(O)C2CCC3(CC2)CC3)c(C(=O)O)s1. The van der Waals surface area contributed by atoms with Crippen molar-refractivity contribution in [3.63, 3.8) is 0 Å². The number of aromatic carboxylic acids is 1. The number of ether oxygens (including phenoxy) is 1. The average molecular weight is 598 g/mol. The molecule has 2 aliphatic heterocycles. The van der Waals surface area contributed by atoms with Crippen LogP contribution in [0, 0.1) is 34.0 Å². The second kappa shape index (κ2) is 10.7. The van der Waals surface area contributed by atoms with Crippen LogP contribution in [-0.2, 0) is 9.53 Å². The second-order valence-electron chi connectivity index (χ2n) is 14.2. The highest BCUT2D eigenvalue weighted by Gasteiger charge is 2.65. The molecule has 1 aromatic rings. The zero-order valence-electron chi connectivity index (χ0n) is 24.9. The van der Waals surface area contributed by atoms with Gasteiger partial charge in [-0.05, 0) is 90.0 Å². The molecule has 3 heterocycles. The van der Waals surface area contributed by atoms with Crippen LogP contribution in [0.5, 0.6) is 0 Å². The van der Waals surface area contributed by atoms with E-state index in [-0.39, 0.29) is 34.3 Å². The predicted molar refractivity (Wildman–Crippen MR) is 159 cm³/mol. The van der Waals surface area contributed by atoms with Gasteiger partial charge in [0.15, 0.2) is 0 Å². The fraction of sp³-hybridized carbons (Fsp3) is 0.719. The number of aliphatic hydroxyl groups excluding tert-OH is 1. The minimum atomic E-state index is -1.02. The normalized spacial score (nSPS) is 27.8. The van der Waals surface area contributed by atoms with Crippen LogP contribution in [-0.4, -0.2) is 71.1 Å². The molecule has 9 nitrogen and oxygen atoms in total. The van der Waals surface area contributed by atoms with Crippen molar-refractivity contribution in [1.29, 1.82) is 0 Å². The third-order valence-corrected chi connectivity index (χ3v) is 11.2. The molecule has 5 aliphatic rings. The molecular formula is C32H43N3O6S. The zero-order chi connectivity index (χ0) is 29.9. The van der Waals surface area contributed by atoms with Gasteiger partial charge in [0.2, 0.25) is 5.91 Å². The third kappa shape index (κ3) is 5.74. The van der Waals surface area contributed by atoms with Crippen LogP contribution in [0.4, 0.5) is 10.5 Å². The average Bonchev–Trinajstić information content (AvgIpc) is 3.76. The maximum atomic E-state index is 13.0. The molecule has 3 atom stereocenters. The first kappa shape index (κ1) is 29.3. The lowest BCUT2D eigenvalue weighted by molar-refractivity contribution is -0.124. The van der Waals surface area contributed by atoms with Crippen molar-refractivity contribution in [3.05, 3.63) is 15.8 Å². The van der Waals surface area contributed by atoms with E-state index in [0.717, 1.165) is 37.0 Å². The van der Waals surface area contributed by atoms with E-state index in [2.05, 4.69) is 17.2 Å². The summed E-state index contributed by atoms with van der Waals surface area (Å²) in [5.41, 5.74) is 0.249. The monoisotopic (exact) mass is 597 g/mol. The number of carboxylic acids is 1. The van der Waals surface area contributed by atoms with E-state index in [1.807, 2.05) is 31.7 Å². The number of hydrogen-bond acceptors (Lipinski definition) is 7. The van der Waals surface area contributed by atoms with E-state index in [4.69, 9.17) is 4.74 Å². The topological polar surface area (TPSA) is 119 Å². The number of carbonyl (C=O) groups is 3. The Balaban J connectivity index is 1.20. The molecule has 3 unspecified atom stereocenters. The molecule has 228 valence electrons. The van der Waals surface area contributed by atoms with Crippen molar-refractivity contribution >= 4 is 35.0 Å². The van der Waals surface area contributed by atoms with Crippen molar-refractivity contribution in [1.82, 2.24) is 10.2 Å². The van der Waals surface area contributed by atoms with Crippen LogP contribution in [0.1, 0.15) is 99.5 Å². The first-order valence-electron chi connectivity index (χ1n) is 15.5. The number of thiophene rings is 1. The Hall–Kier alpha value is -2.77. The van der Waals surface area contributed by atoms with Crippen LogP contribution >= 0.6 is 11.3 Å². The largest absolute Gasteiger partial charge is 0.477 e. The third-order valence-electron chi connectivity index (χ3n) is 10.2. The van der Waals surface area contributed by atoms with Crippen LogP contribution in [0.3, 0.4) is 0 Å². The van der Waals surface area contributed by atoms with Crippen molar-refractivity contribution in [3.8, 4) is 11.8 Å². The Labute approximate surface area is 252 Å². The second-order valence-corrected chi connectivity index (χ2v) is 15.3. The maximum absolute atomic E-state index is 13.0. The summed E-state index contributed by atoms with van der Waals surface area (Å²) in [6, 6.07) is 1.70. The fourth-order valence-corrected chi connectivity index (χ4v) is 8.04. The Kier molecular flexibility index (Phi) is 7.50. The number of piperidine rings is 1. The van der Waals surface area contributed by atoms with Crippen molar-refractivity contribution in [2.45, 2.75) is 103 Å².